The number of hydrogen-bond acceptors (Lipinski definition) is 8. The Morgan fingerprint density at radius 2 is 1.67 bits per heavy atom. The topological polar surface area (TPSA) is 108 Å². The van der Waals surface area contributed by atoms with E-state index in [9.17, 15) is 19.2 Å². The molecule has 0 saturated carbocycles. The molecule has 3 aromatic rings. The Balaban J connectivity index is 1.73. The van der Waals surface area contributed by atoms with Crippen molar-refractivity contribution in [2.24, 2.45) is 11.8 Å². The van der Waals surface area contributed by atoms with E-state index in [1.54, 1.807) is 31.2 Å². The van der Waals surface area contributed by atoms with Gasteiger partial charge in [-0.25, -0.2) is 14.5 Å². The molecule has 3 atom stereocenters. The largest absolute Gasteiger partial charge is 0.496 e. The van der Waals surface area contributed by atoms with Crippen molar-refractivity contribution in [2.45, 2.75) is 78.7 Å². The van der Waals surface area contributed by atoms with Crippen LogP contribution in [0.4, 0.5) is 4.79 Å². The molecule has 0 unspecified atom stereocenters. The number of ketones is 1. The molecule has 1 aliphatic carbocycles. The number of hydrogen-bond donors (Lipinski definition) is 0. The summed E-state index contributed by atoms with van der Waals surface area (Å²) in [5, 5.41) is 1.26. The fraction of sp³-hybridized carbons (Fsp3) is 0.436. The van der Waals surface area contributed by atoms with Crippen LogP contribution in [-0.4, -0.2) is 63.8 Å². The molecular weight excluding hydrogens is 639 g/mol. The van der Waals surface area contributed by atoms with Gasteiger partial charge < -0.3 is 18.6 Å². The Kier molecular flexibility index (Phi) is 9.71. The molecule has 0 bridgehead atoms. The number of esters is 1. The molecule has 0 spiro atoms. The fourth-order valence-electron chi connectivity index (χ4n) is 6.60. The molecule has 0 N–H and O–H groups in total. The van der Waals surface area contributed by atoms with Crippen LogP contribution in [-0.2, 0) is 18.7 Å². The average Bonchev–Trinajstić information content (AvgIpc) is 3.45. The molecule has 0 aromatic heterocycles. The van der Waals surface area contributed by atoms with Gasteiger partial charge in [-0.2, -0.15) is 0 Å². The van der Waals surface area contributed by atoms with Gasteiger partial charge in [0, 0.05) is 28.0 Å². The Morgan fingerprint density at radius 3 is 2.29 bits per heavy atom. The number of nitrogens with zero attached hydrogens (tertiary/aromatic N) is 1. The third kappa shape index (κ3) is 6.21. The maximum Gasteiger partial charge on any atom is 0.417 e. The lowest BCUT2D eigenvalue weighted by Gasteiger charge is -2.41. The SMILES string of the molecule is COC(=O)c1ccc2c([C@@H](O[Si](C)(C)C(C)(C)C)[C@H](C)/C=C(\C)C(=O)N3C(=O)OC[C@H]3C(C)C)ccc3c2c1-c1cccc(OC)c1C3=O. The molecule has 5 rings (SSSR count). The van der Waals surface area contributed by atoms with E-state index in [0.29, 0.717) is 44.5 Å². The molecule has 260 valence electrons. The van der Waals surface area contributed by atoms with Crippen LogP contribution in [0.2, 0.25) is 18.1 Å². The highest BCUT2D eigenvalue weighted by molar-refractivity contribution is 6.74. The number of methoxy groups -OCH3 is 2. The van der Waals surface area contributed by atoms with Crippen molar-refractivity contribution < 1.29 is 37.8 Å². The molecule has 1 heterocycles. The van der Waals surface area contributed by atoms with E-state index in [1.165, 1.54) is 19.1 Å². The summed E-state index contributed by atoms with van der Waals surface area (Å²) >= 11 is 0. The van der Waals surface area contributed by atoms with Crippen molar-refractivity contribution in [2.75, 3.05) is 20.8 Å². The molecule has 9 nitrogen and oxygen atoms in total. The first kappa shape index (κ1) is 36.0. The van der Waals surface area contributed by atoms with Gasteiger partial charge in [0.2, 0.25) is 0 Å². The van der Waals surface area contributed by atoms with Crippen LogP contribution in [0.5, 0.6) is 5.75 Å². The first-order chi connectivity index (χ1) is 22.9. The molecular formula is C39H47NO8Si. The zero-order valence-electron chi connectivity index (χ0n) is 30.3. The predicted molar refractivity (Wildman–Crippen MR) is 191 cm³/mol. The van der Waals surface area contributed by atoms with Crippen LogP contribution in [0.1, 0.15) is 86.4 Å². The number of cyclic esters (lactones) is 1. The van der Waals surface area contributed by atoms with Gasteiger partial charge in [0.15, 0.2) is 14.1 Å². The van der Waals surface area contributed by atoms with E-state index in [1.807, 2.05) is 45.0 Å². The minimum absolute atomic E-state index is 0.0376. The van der Waals surface area contributed by atoms with E-state index in [4.69, 9.17) is 18.6 Å². The summed E-state index contributed by atoms with van der Waals surface area (Å²) in [4.78, 5) is 54.9. The lowest BCUT2D eigenvalue weighted by Crippen LogP contribution is -2.43. The van der Waals surface area contributed by atoms with Gasteiger partial charge in [0.1, 0.15) is 12.4 Å². The quantitative estimate of drug-likeness (QED) is 0.0981. The molecule has 1 fully saturated rings. The van der Waals surface area contributed by atoms with Gasteiger partial charge in [-0.3, -0.25) is 9.59 Å². The molecule has 10 heteroatoms. The standard InChI is InChI=1S/C39H47NO8Si/c1-21(2)29-20-47-38(44)40(29)36(42)23(4)19-22(3)35(48-49(10,11)39(5,6)7)25-16-17-27-31-24(25)15-18-28(37(43)46-9)32(31)26-13-12-14-30(45-8)33(26)34(27)41/h12-19,21-22,29,35H,20H2,1-11H3/b23-19+/t22-,29+,35+/m1/s1. The van der Waals surface area contributed by atoms with Gasteiger partial charge in [-0.05, 0) is 65.7 Å². The lowest BCUT2D eigenvalue weighted by molar-refractivity contribution is -0.125. The molecule has 2 amide bonds. The number of rotatable bonds is 9. The first-order valence-corrected chi connectivity index (χ1v) is 19.6. The second kappa shape index (κ2) is 13.2. The van der Waals surface area contributed by atoms with Crippen LogP contribution < -0.4 is 4.74 Å². The molecule has 1 saturated heterocycles. The maximum atomic E-state index is 14.1. The van der Waals surface area contributed by atoms with Gasteiger partial charge in [-0.15, -0.1) is 0 Å². The highest BCUT2D eigenvalue weighted by Crippen LogP contribution is 2.49. The Labute approximate surface area is 289 Å². The third-order valence-electron chi connectivity index (χ3n) is 10.4. The van der Waals surface area contributed by atoms with Crippen molar-refractivity contribution in [1.29, 1.82) is 0 Å². The molecule has 3 aromatic carbocycles. The Hall–Kier alpha value is -4.28. The van der Waals surface area contributed by atoms with E-state index >= 15 is 0 Å². The monoisotopic (exact) mass is 685 g/mol. The van der Waals surface area contributed by atoms with Crippen LogP contribution in [0.3, 0.4) is 0 Å². The van der Waals surface area contributed by atoms with Crippen molar-refractivity contribution in [1.82, 2.24) is 4.90 Å². The third-order valence-corrected chi connectivity index (χ3v) is 14.8. The second-order valence-electron chi connectivity index (χ2n) is 14.9. The number of fused-ring (bicyclic) bond motifs is 2. The summed E-state index contributed by atoms with van der Waals surface area (Å²) < 4.78 is 23.2. The average molecular weight is 686 g/mol. The lowest BCUT2D eigenvalue weighted by atomic mass is 9.78. The molecule has 49 heavy (non-hydrogen) atoms. The number of amides is 2. The zero-order chi connectivity index (χ0) is 36.2. The van der Waals surface area contributed by atoms with Gasteiger partial charge in [-0.1, -0.05) is 71.9 Å². The first-order valence-electron chi connectivity index (χ1n) is 16.7. The summed E-state index contributed by atoms with van der Waals surface area (Å²) in [6.07, 6.45) is 0.691. The minimum Gasteiger partial charge on any atom is -0.496 e. The highest BCUT2D eigenvalue weighted by atomic mass is 28.4. The van der Waals surface area contributed by atoms with E-state index < -0.39 is 32.4 Å². The van der Waals surface area contributed by atoms with Crippen molar-refractivity contribution >= 4 is 42.8 Å². The number of carbonyl (C=O) groups is 4. The van der Waals surface area contributed by atoms with Gasteiger partial charge >= 0.3 is 12.1 Å². The van der Waals surface area contributed by atoms with Crippen molar-refractivity contribution in [3.63, 3.8) is 0 Å². The number of imide groups is 1. The number of carbonyl (C=O) groups excluding carboxylic acids is 4. The predicted octanol–water partition coefficient (Wildman–Crippen LogP) is 8.50. The number of ether oxygens (including phenoxy) is 3. The summed E-state index contributed by atoms with van der Waals surface area (Å²) in [6, 6.07) is 12.3. The van der Waals surface area contributed by atoms with Gasteiger partial charge in [0.25, 0.3) is 5.91 Å². The Morgan fingerprint density at radius 1 is 0.980 bits per heavy atom. The minimum atomic E-state index is -2.44. The Bertz CT molecular complexity index is 1890. The summed E-state index contributed by atoms with van der Waals surface area (Å²) in [7, 11) is 0.416. The molecule has 0 radical (unpaired) electrons. The molecule has 2 aliphatic rings. The van der Waals surface area contributed by atoms with Crippen LogP contribution in [0.15, 0.2) is 54.1 Å². The summed E-state index contributed by atoms with van der Waals surface area (Å²) in [5.74, 6) is -0.990. The van der Waals surface area contributed by atoms with Crippen molar-refractivity contribution in [3.8, 4) is 16.9 Å². The summed E-state index contributed by atoms with van der Waals surface area (Å²) in [6.45, 7) is 18.7. The fourth-order valence-corrected chi connectivity index (χ4v) is 7.93. The summed E-state index contributed by atoms with van der Waals surface area (Å²) in [5.41, 5.74) is 3.60. The normalized spacial score (nSPS) is 17.6. The van der Waals surface area contributed by atoms with Crippen LogP contribution in [0, 0.1) is 11.8 Å². The second-order valence-corrected chi connectivity index (χ2v) is 19.6. The van der Waals surface area contributed by atoms with Crippen LogP contribution in [0.25, 0.3) is 21.9 Å². The van der Waals surface area contributed by atoms with E-state index in [-0.39, 0.29) is 35.3 Å². The van der Waals surface area contributed by atoms with E-state index in [2.05, 4.69) is 33.9 Å². The van der Waals surface area contributed by atoms with Gasteiger partial charge in [0.05, 0.1) is 37.5 Å². The smallest absolute Gasteiger partial charge is 0.417 e. The van der Waals surface area contributed by atoms with Crippen LogP contribution >= 0.6 is 0 Å². The zero-order valence-corrected chi connectivity index (χ0v) is 31.3. The van der Waals surface area contributed by atoms with E-state index in [0.717, 1.165) is 10.9 Å². The number of benzene rings is 3. The maximum absolute atomic E-state index is 14.1. The van der Waals surface area contributed by atoms with Crippen molar-refractivity contribution in [3.05, 3.63) is 76.4 Å². The highest BCUT2D eigenvalue weighted by Gasteiger charge is 2.43. The molecule has 1 aliphatic heterocycles.